The third kappa shape index (κ3) is 422. The zero-order chi connectivity index (χ0) is 10.7. The van der Waals surface area contributed by atoms with E-state index in [2.05, 4.69) is 0 Å². The third-order valence-corrected chi connectivity index (χ3v) is 0. The summed E-state index contributed by atoms with van der Waals surface area (Å²) in [5.74, 6) is 0. The molecule has 1 radical (unpaired) electrons. The summed E-state index contributed by atoms with van der Waals surface area (Å²) in [5, 5.41) is 0. The molecule has 0 fully saturated rings. The van der Waals surface area contributed by atoms with Gasteiger partial charge in [0.1, 0.15) is 0 Å². The second-order valence-corrected chi connectivity index (χ2v) is 4.22. The van der Waals surface area contributed by atoms with E-state index < -0.39 is 68.4 Å². The normalized spacial score (nSPS) is 6.00. The molecule has 0 saturated carbocycles. The molecule has 0 bridgehead atoms. The first-order valence-electron chi connectivity index (χ1n) is 1.79. The molecule has 0 heterocycles. The molecular formula is CrF3O6Zr3. The van der Waals surface area contributed by atoms with Crippen molar-refractivity contribution >= 4 is 0 Å². The minimum absolute atomic E-state index is 0. The van der Waals surface area contributed by atoms with Crippen molar-refractivity contribution in [1.82, 2.24) is 0 Å². The molecule has 13 heavy (non-hydrogen) atoms. The van der Waals surface area contributed by atoms with Crippen LogP contribution >= 0.6 is 0 Å². The van der Waals surface area contributed by atoms with Crippen LogP contribution in [0.4, 0.5) is 7.88 Å². The first-order valence-corrected chi connectivity index (χ1v) is 10.6. The summed E-state index contributed by atoms with van der Waals surface area (Å²) in [6.07, 6.45) is 0. The van der Waals surface area contributed by atoms with E-state index in [-0.39, 0.29) is 17.4 Å². The van der Waals surface area contributed by atoms with Crippen LogP contribution in [0.1, 0.15) is 0 Å². The van der Waals surface area contributed by atoms with E-state index in [0.29, 0.717) is 0 Å². The van der Waals surface area contributed by atoms with Crippen molar-refractivity contribution in [1.29, 1.82) is 0 Å². The van der Waals surface area contributed by atoms with Crippen molar-refractivity contribution in [3.8, 4) is 0 Å². The predicted molar refractivity (Wildman–Crippen MR) is 5.38 cm³/mol. The van der Waals surface area contributed by atoms with Gasteiger partial charge in [0, 0.05) is 0 Å². The first-order chi connectivity index (χ1) is 5.20. The van der Waals surface area contributed by atoms with Gasteiger partial charge in [0.2, 0.25) is 0 Å². The molecule has 0 spiro atoms. The van der Waals surface area contributed by atoms with Gasteiger partial charge in [0.15, 0.2) is 0 Å². The van der Waals surface area contributed by atoms with Gasteiger partial charge >= 0.3 is 112 Å². The van der Waals surface area contributed by atoms with E-state index >= 15 is 0 Å². The fourth-order valence-electron chi connectivity index (χ4n) is 0. The molecule has 0 aromatic rings. The molecule has 0 aromatic carbocycles. The van der Waals surface area contributed by atoms with E-state index in [0.717, 1.165) is 0 Å². The summed E-state index contributed by atoms with van der Waals surface area (Å²) in [6, 6.07) is 0. The third-order valence-electron chi connectivity index (χ3n) is 0. The van der Waals surface area contributed by atoms with Crippen LogP contribution in [0.5, 0.6) is 0 Å². The molecule has 75 valence electrons. The minimum atomic E-state index is -4.54. The van der Waals surface area contributed by atoms with Crippen molar-refractivity contribution in [3.05, 3.63) is 0 Å². The summed E-state index contributed by atoms with van der Waals surface area (Å²) < 4.78 is 81.3. The summed E-state index contributed by atoms with van der Waals surface area (Å²) in [6.45, 7) is 0. The molecule has 0 unspecified atom stereocenters. The Morgan fingerprint density at radius 3 is 0.692 bits per heavy atom. The van der Waals surface area contributed by atoms with E-state index in [4.69, 9.17) is 18.0 Å². The number of hydrogen-bond donors (Lipinski definition) is 0. The summed E-state index contributed by atoms with van der Waals surface area (Å²) in [4.78, 5) is 0. The second-order valence-electron chi connectivity index (χ2n) is 0.713. The average molecular weight is 479 g/mol. The van der Waals surface area contributed by atoms with Crippen molar-refractivity contribution in [2.45, 2.75) is 0 Å². The van der Waals surface area contributed by atoms with Gasteiger partial charge in [-0.1, -0.05) is 0 Å². The van der Waals surface area contributed by atoms with Crippen LogP contribution in [-0.2, 0) is 94.2 Å². The van der Waals surface area contributed by atoms with Crippen LogP contribution in [-0.4, -0.2) is 0 Å². The van der Waals surface area contributed by atoms with Gasteiger partial charge in [-0.3, -0.25) is 0 Å². The number of hydrogen-bond acceptors (Lipinski definition) is 6. The van der Waals surface area contributed by atoms with Gasteiger partial charge in [0.25, 0.3) is 0 Å². The van der Waals surface area contributed by atoms with Crippen LogP contribution in [0, 0.1) is 0 Å². The molecule has 6 nitrogen and oxygen atoms in total. The molecular weight excluding hydrogens is 479 g/mol. The van der Waals surface area contributed by atoms with Crippen molar-refractivity contribution in [2.75, 3.05) is 0 Å². The molecule has 0 aliphatic rings. The predicted octanol–water partition coefficient (Wildman–Crippen LogP) is -2.67. The van der Waals surface area contributed by atoms with Crippen LogP contribution in [0.15, 0.2) is 0 Å². The second kappa shape index (κ2) is 19.8. The van der Waals surface area contributed by atoms with E-state index in [1.165, 1.54) is 0 Å². The maximum atomic E-state index is 10.1. The first kappa shape index (κ1) is 24.5. The monoisotopic (exact) mass is 475 g/mol. The Morgan fingerprint density at radius 2 is 0.692 bits per heavy atom. The van der Waals surface area contributed by atoms with E-state index in [9.17, 15) is 7.88 Å². The van der Waals surface area contributed by atoms with Gasteiger partial charge in [-0.05, 0) is 0 Å². The van der Waals surface area contributed by atoms with Gasteiger partial charge in [0.05, 0.1) is 0 Å². The molecule has 0 saturated heterocycles. The fraction of sp³-hybridized carbons (Fsp3) is 0. The van der Waals surface area contributed by atoms with E-state index in [1.54, 1.807) is 0 Å². The summed E-state index contributed by atoms with van der Waals surface area (Å²) in [5.41, 5.74) is 0. The molecule has 0 N–H and O–H groups in total. The standard InChI is InChI=1S/Cr.3FH.6O.3Zr/h;3*1H;;;;;;;;;/q+3;;;;;;;3*-1;3*+1/p-3. The Labute approximate surface area is 110 Å². The van der Waals surface area contributed by atoms with Crippen LogP contribution in [0.2, 0.25) is 0 Å². The Morgan fingerprint density at radius 1 is 0.692 bits per heavy atom. The fourth-order valence-corrected chi connectivity index (χ4v) is 0. The molecule has 0 amide bonds. The van der Waals surface area contributed by atoms with Crippen LogP contribution in [0.3, 0.4) is 0 Å². The SMILES string of the molecule is [Cr+3].[O]=[Zr]([O-])[F].[O]=[Zr]([O-])[F].[O]=[Zr]([O-])[F]. The van der Waals surface area contributed by atoms with Crippen molar-refractivity contribution in [2.24, 2.45) is 0 Å². The van der Waals surface area contributed by atoms with Crippen LogP contribution in [0.25, 0.3) is 0 Å². The van der Waals surface area contributed by atoms with Gasteiger partial charge < -0.3 is 0 Å². The van der Waals surface area contributed by atoms with Gasteiger partial charge in [-0.15, -0.1) is 0 Å². The Kier molecular flexibility index (Phi) is 37.2. The molecule has 13 heteroatoms. The van der Waals surface area contributed by atoms with Crippen LogP contribution < -0.4 is 9.55 Å². The number of rotatable bonds is 0. The Hall–Kier alpha value is 2.25. The Balaban J connectivity index is -0.0000000450. The zero-order valence-corrected chi connectivity index (χ0v) is 14.1. The summed E-state index contributed by atoms with van der Waals surface area (Å²) in [7, 11) is 0. The van der Waals surface area contributed by atoms with Crippen molar-refractivity contribution in [3.63, 3.8) is 0 Å². The average Bonchev–Trinajstić information content (AvgIpc) is 1.54. The topological polar surface area (TPSA) is 120 Å². The number of halogens is 3. The van der Waals surface area contributed by atoms with Crippen molar-refractivity contribution < 1.29 is 112 Å². The summed E-state index contributed by atoms with van der Waals surface area (Å²) >= 11 is -13.6. The van der Waals surface area contributed by atoms with Gasteiger partial charge in [-0.25, -0.2) is 0 Å². The maximum absolute atomic E-state index is 10.1. The zero-order valence-electron chi connectivity index (χ0n) is 5.49. The molecule has 0 rings (SSSR count). The molecule has 0 aromatic heterocycles. The molecule has 0 aliphatic carbocycles. The van der Waals surface area contributed by atoms with Gasteiger partial charge in [-0.2, -0.15) is 0 Å². The van der Waals surface area contributed by atoms with E-state index in [1.807, 2.05) is 0 Å². The quantitative estimate of drug-likeness (QED) is 0.374. The molecule has 0 aliphatic heterocycles. The molecule has 0 atom stereocenters. The Bertz CT molecular complexity index is 121.